The number of Topliss-reactive ketones (excluding diaryl/α,β-unsaturated/α-hetero) is 1. The summed E-state index contributed by atoms with van der Waals surface area (Å²) in [6, 6.07) is 11.3. The zero-order valence-electron chi connectivity index (χ0n) is 12.5. The van der Waals surface area contributed by atoms with Crippen molar-refractivity contribution in [2.75, 3.05) is 0 Å². The molecule has 1 aliphatic rings. The van der Waals surface area contributed by atoms with Crippen molar-refractivity contribution in [3.8, 4) is 0 Å². The number of benzene rings is 2. The molecule has 0 spiro atoms. The van der Waals surface area contributed by atoms with Crippen LogP contribution in [0, 0.1) is 0 Å². The van der Waals surface area contributed by atoms with E-state index in [9.17, 15) is 18.0 Å². The molecule has 2 aromatic rings. The fourth-order valence-corrected chi connectivity index (χ4v) is 3.75. The van der Waals surface area contributed by atoms with Crippen LogP contribution in [-0.4, -0.2) is 31.0 Å². The molecule has 0 saturated heterocycles. The van der Waals surface area contributed by atoms with E-state index >= 15 is 0 Å². The number of halogens is 1. The number of carboxylic acid groups (broad SMARTS) is 1. The van der Waals surface area contributed by atoms with Crippen molar-refractivity contribution in [3.05, 3.63) is 75.8 Å². The SMILES string of the molecule is O=C(O)c1ccc(S(=O)(=O)N=C2C=C(Br)C(=O)c3ccccc32)cc1. The van der Waals surface area contributed by atoms with Crippen LogP contribution in [0.15, 0.2) is 68.4 Å². The Morgan fingerprint density at radius 2 is 1.60 bits per heavy atom. The number of ketones is 1. The summed E-state index contributed by atoms with van der Waals surface area (Å²) in [4.78, 5) is 22.8. The van der Waals surface area contributed by atoms with Crippen molar-refractivity contribution < 1.29 is 23.1 Å². The van der Waals surface area contributed by atoms with Crippen LogP contribution in [0.5, 0.6) is 0 Å². The van der Waals surface area contributed by atoms with E-state index in [1.165, 1.54) is 30.3 Å². The third kappa shape index (κ3) is 3.31. The zero-order chi connectivity index (χ0) is 18.2. The highest BCUT2D eigenvalue weighted by atomic mass is 79.9. The van der Waals surface area contributed by atoms with E-state index in [1.54, 1.807) is 24.3 Å². The van der Waals surface area contributed by atoms with Gasteiger partial charge < -0.3 is 5.11 Å². The van der Waals surface area contributed by atoms with Gasteiger partial charge in [-0.15, -0.1) is 0 Å². The van der Waals surface area contributed by atoms with Gasteiger partial charge in [0.2, 0.25) is 5.78 Å². The molecule has 0 heterocycles. The lowest BCUT2D eigenvalue weighted by atomic mass is 9.94. The molecule has 0 atom stereocenters. The number of sulfonamides is 1. The number of nitrogens with zero attached hydrogens (tertiary/aromatic N) is 1. The molecule has 0 radical (unpaired) electrons. The van der Waals surface area contributed by atoms with Gasteiger partial charge in [0.25, 0.3) is 10.0 Å². The van der Waals surface area contributed by atoms with E-state index in [0.717, 1.165) is 0 Å². The quantitative estimate of drug-likeness (QED) is 0.823. The maximum atomic E-state index is 12.5. The minimum Gasteiger partial charge on any atom is -0.478 e. The number of carboxylic acids is 1. The number of carbonyl (C=O) groups is 2. The smallest absolute Gasteiger partial charge is 0.335 e. The standard InChI is InChI=1S/C17H10BrNO5S/c18-14-9-15(12-3-1-2-4-13(12)16(14)20)19-25(23,24)11-7-5-10(6-8-11)17(21)22/h1-9H,(H,21,22). The van der Waals surface area contributed by atoms with E-state index < -0.39 is 16.0 Å². The molecule has 1 N–H and O–H groups in total. The Balaban J connectivity index is 2.10. The first-order valence-electron chi connectivity index (χ1n) is 6.99. The summed E-state index contributed by atoms with van der Waals surface area (Å²) in [5, 5.41) is 8.88. The van der Waals surface area contributed by atoms with Crippen LogP contribution < -0.4 is 0 Å². The van der Waals surface area contributed by atoms with Gasteiger partial charge in [-0.1, -0.05) is 24.3 Å². The van der Waals surface area contributed by atoms with Crippen LogP contribution in [0.4, 0.5) is 0 Å². The maximum absolute atomic E-state index is 12.5. The van der Waals surface area contributed by atoms with Gasteiger partial charge in [-0.25, -0.2) is 4.79 Å². The molecule has 0 unspecified atom stereocenters. The molecule has 3 rings (SSSR count). The molecule has 6 nitrogen and oxygen atoms in total. The third-order valence-electron chi connectivity index (χ3n) is 3.55. The Labute approximate surface area is 151 Å². The van der Waals surface area contributed by atoms with Gasteiger partial charge in [0.1, 0.15) is 0 Å². The topological polar surface area (TPSA) is 101 Å². The highest BCUT2D eigenvalue weighted by Crippen LogP contribution is 2.26. The lowest BCUT2D eigenvalue weighted by molar-refractivity contribution is 0.0696. The van der Waals surface area contributed by atoms with Crippen LogP contribution in [0.1, 0.15) is 26.3 Å². The highest BCUT2D eigenvalue weighted by Gasteiger charge is 2.24. The molecular weight excluding hydrogens is 410 g/mol. The average Bonchev–Trinajstić information content (AvgIpc) is 2.59. The second-order valence-electron chi connectivity index (χ2n) is 5.15. The Morgan fingerprint density at radius 3 is 2.20 bits per heavy atom. The molecule has 8 heteroatoms. The second-order valence-corrected chi connectivity index (χ2v) is 7.61. The molecule has 0 bridgehead atoms. The molecule has 0 saturated carbocycles. The van der Waals surface area contributed by atoms with Crippen LogP contribution in [0.3, 0.4) is 0 Å². The van der Waals surface area contributed by atoms with E-state index in [-0.39, 0.29) is 26.4 Å². The number of rotatable bonds is 3. The molecule has 0 fully saturated rings. The number of allylic oxidation sites excluding steroid dienone is 2. The average molecular weight is 420 g/mol. The molecule has 126 valence electrons. The normalized spacial score (nSPS) is 15.6. The first-order valence-corrected chi connectivity index (χ1v) is 9.22. The Morgan fingerprint density at radius 1 is 1.00 bits per heavy atom. The lowest BCUT2D eigenvalue weighted by Gasteiger charge is -2.14. The number of hydrogen-bond acceptors (Lipinski definition) is 4. The molecule has 0 aliphatic heterocycles. The summed E-state index contributed by atoms with van der Waals surface area (Å²) in [6.45, 7) is 0. The van der Waals surface area contributed by atoms with Gasteiger partial charge in [-0.3, -0.25) is 4.79 Å². The zero-order valence-corrected chi connectivity index (χ0v) is 14.9. The first-order chi connectivity index (χ1) is 11.8. The van der Waals surface area contributed by atoms with Crippen LogP contribution in [-0.2, 0) is 10.0 Å². The van der Waals surface area contributed by atoms with Crippen LogP contribution in [0.25, 0.3) is 0 Å². The van der Waals surface area contributed by atoms with Crippen LogP contribution >= 0.6 is 15.9 Å². The number of fused-ring (bicyclic) bond motifs is 1. The monoisotopic (exact) mass is 419 g/mol. The fourth-order valence-electron chi connectivity index (χ4n) is 2.32. The van der Waals surface area contributed by atoms with Gasteiger partial charge in [0.15, 0.2) is 0 Å². The van der Waals surface area contributed by atoms with Crippen LogP contribution in [0.2, 0.25) is 0 Å². The molecule has 25 heavy (non-hydrogen) atoms. The Hall–Kier alpha value is -2.58. The van der Waals surface area contributed by atoms with E-state index in [0.29, 0.717) is 11.1 Å². The van der Waals surface area contributed by atoms with Crippen molar-refractivity contribution in [2.45, 2.75) is 4.90 Å². The predicted octanol–water partition coefficient (Wildman–Crippen LogP) is 3.04. The minimum atomic E-state index is -4.07. The number of carbonyl (C=O) groups excluding carboxylic acids is 1. The Bertz CT molecular complexity index is 1050. The van der Waals surface area contributed by atoms with Crippen molar-refractivity contribution >= 4 is 43.4 Å². The molecular formula is C17H10BrNO5S. The maximum Gasteiger partial charge on any atom is 0.335 e. The lowest BCUT2D eigenvalue weighted by Crippen LogP contribution is -2.16. The van der Waals surface area contributed by atoms with E-state index in [2.05, 4.69) is 20.3 Å². The molecule has 0 amide bonds. The van der Waals surface area contributed by atoms with Gasteiger partial charge >= 0.3 is 5.97 Å². The van der Waals surface area contributed by atoms with Crippen molar-refractivity contribution in [2.24, 2.45) is 4.40 Å². The van der Waals surface area contributed by atoms with Gasteiger partial charge in [0, 0.05) is 11.1 Å². The summed E-state index contributed by atoms with van der Waals surface area (Å²) in [6.07, 6.45) is 1.35. The predicted molar refractivity (Wildman–Crippen MR) is 94.9 cm³/mol. The van der Waals surface area contributed by atoms with Gasteiger partial charge in [-0.05, 0) is 46.3 Å². The molecule has 1 aliphatic carbocycles. The van der Waals surface area contributed by atoms with E-state index in [4.69, 9.17) is 5.11 Å². The van der Waals surface area contributed by atoms with Crippen molar-refractivity contribution in [1.29, 1.82) is 0 Å². The van der Waals surface area contributed by atoms with Gasteiger partial charge in [-0.2, -0.15) is 12.8 Å². The second kappa shape index (κ2) is 6.38. The molecule has 0 aromatic heterocycles. The number of aromatic carboxylic acids is 1. The Kier molecular flexibility index (Phi) is 4.40. The van der Waals surface area contributed by atoms with E-state index in [1.807, 2.05) is 0 Å². The fraction of sp³-hybridized carbons (Fsp3) is 0. The summed E-state index contributed by atoms with van der Waals surface area (Å²) in [5.74, 6) is -1.40. The summed E-state index contributed by atoms with van der Waals surface area (Å²) >= 11 is 3.12. The largest absolute Gasteiger partial charge is 0.478 e. The van der Waals surface area contributed by atoms with Gasteiger partial charge in [0.05, 0.1) is 20.7 Å². The number of hydrogen-bond donors (Lipinski definition) is 1. The summed E-state index contributed by atoms with van der Waals surface area (Å²) in [7, 11) is -4.07. The molecule has 2 aromatic carbocycles. The van der Waals surface area contributed by atoms with Crippen molar-refractivity contribution in [1.82, 2.24) is 0 Å². The van der Waals surface area contributed by atoms with Crippen molar-refractivity contribution in [3.63, 3.8) is 0 Å². The third-order valence-corrected chi connectivity index (χ3v) is 5.44. The minimum absolute atomic E-state index is 0.0251. The summed E-state index contributed by atoms with van der Waals surface area (Å²) < 4.78 is 29.1. The summed E-state index contributed by atoms with van der Waals surface area (Å²) in [5.41, 5.74) is 0.876. The highest BCUT2D eigenvalue weighted by molar-refractivity contribution is 9.12. The first kappa shape index (κ1) is 17.2.